The molecule has 5 nitrogen and oxygen atoms in total. The molecule has 0 amide bonds. The van der Waals surface area contributed by atoms with Gasteiger partial charge in [-0.3, -0.25) is 0 Å². The topological polar surface area (TPSA) is 69.2 Å². The van der Waals surface area contributed by atoms with Crippen LogP contribution in [0.5, 0.6) is 5.75 Å². The molecule has 4 rings (SSSR count). The second kappa shape index (κ2) is 5.05. The molecule has 0 spiro atoms. The molecule has 0 radical (unpaired) electrons. The number of nitrogens with zero attached hydrogens (tertiary/aromatic N) is 2. The number of sulfone groups is 1. The van der Waals surface area contributed by atoms with E-state index in [9.17, 15) is 8.42 Å². The SMILES string of the molecule is O=S(=O)(Cc1ccnc(C2Cc3ccccc3O2)n1)C1CC1. The number of hydrogen-bond acceptors (Lipinski definition) is 5. The molecule has 2 aromatic rings. The first-order valence-corrected chi connectivity index (χ1v) is 9.11. The van der Waals surface area contributed by atoms with Crippen molar-refractivity contribution in [3.8, 4) is 5.75 Å². The van der Waals surface area contributed by atoms with Crippen molar-refractivity contribution in [2.24, 2.45) is 0 Å². The van der Waals surface area contributed by atoms with E-state index in [-0.39, 0.29) is 17.1 Å². The number of hydrogen-bond donors (Lipinski definition) is 0. The van der Waals surface area contributed by atoms with E-state index in [2.05, 4.69) is 9.97 Å². The van der Waals surface area contributed by atoms with Gasteiger partial charge in [-0.1, -0.05) is 18.2 Å². The third-order valence-electron chi connectivity index (χ3n) is 4.05. The van der Waals surface area contributed by atoms with Crippen LogP contribution >= 0.6 is 0 Å². The van der Waals surface area contributed by atoms with Crippen molar-refractivity contribution in [1.29, 1.82) is 0 Å². The molecule has 1 aliphatic heterocycles. The zero-order chi connectivity index (χ0) is 15.2. The summed E-state index contributed by atoms with van der Waals surface area (Å²) in [5.41, 5.74) is 1.68. The minimum absolute atomic E-state index is 0.00709. The standard InChI is InChI=1S/C16H16N2O3S/c19-22(20,13-5-6-13)10-12-7-8-17-16(18-12)15-9-11-3-1-2-4-14(11)21-15/h1-4,7-8,13,15H,5-6,9-10H2. The Morgan fingerprint density at radius 3 is 2.77 bits per heavy atom. The summed E-state index contributed by atoms with van der Waals surface area (Å²) in [6.07, 6.45) is 3.66. The van der Waals surface area contributed by atoms with Crippen molar-refractivity contribution in [3.63, 3.8) is 0 Å². The predicted molar refractivity (Wildman–Crippen MR) is 81.2 cm³/mol. The van der Waals surface area contributed by atoms with E-state index >= 15 is 0 Å². The van der Waals surface area contributed by atoms with Crippen molar-refractivity contribution >= 4 is 9.84 Å². The molecule has 2 aliphatic rings. The highest BCUT2D eigenvalue weighted by Gasteiger charge is 2.36. The fourth-order valence-corrected chi connectivity index (χ4v) is 4.39. The Balaban J connectivity index is 1.56. The Labute approximate surface area is 129 Å². The van der Waals surface area contributed by atoms with Crippen LogP contribution < -0.4 is 4.74 Å². The highest BCUT2D eigenvalue weighted by Crippen LogP contribution is 2.35. The normalized spacial score (nSPS) is 20.5. The Kier molecular flexibility index (Phi) is 3.14. The van der Waals surface area contributed by atoms with E-state index in [4.69, 9.17) is 4.74 Å². The summed E-state index contributed by atoms with van der Waals surface area (Å²) in [4.78, 5) is 8.68. The Hall–Kier alpha value is -1.95. The van der Waals surface area contributed by atoms with Gasteiger partial charge in [0.15, 0.2) is 21.8 Å². The van der Waals surface area contributed by atoms with E-state index in [0.717, 1.165) is 30.6 Å². The Morgan fingerprint density at radius 2 is 2.00 bits per heavy atom. The largest absolute Gasteiger partial charge is 0.482 e. The number of ether oxygens (including phenoxy) is 1. The third kappa shape index (κ3) is 2.59. The predicted octanol–water partition coefficient (Wildman–Crippen LogP) is 2.23. The quantitative estimate of drug-likeness (QED) is 0.865. The summed E-state index contributed by atoms with van der Waals surface area (Å²) >= 11 is 0. The highest BCUT2D eigenvalue weighted by atomic mass is 32.2. The van der Waals surface area contributed by atoms with Gasteiger partial charge < -0.3 is 4.74 Å². The monoisotopic (exact) mass is 316 g/mol. The molecule has 1 aromatic heterocycles. The summed E-state index contributed by atoms with van der Waals surface area (Å²) < 4.78 is 30.0. The van der Waals surface area contributed by atoms with Gasteiger partial charge in [0.25, 0.3) is 0 Å². The molecule has 22 heavy (non-hydrogen) atoms. The van der Waals surface area contributed by atoms with Crippen LogP contribution in [0.3, 0.4) is 0 Å². The van der Waals surface area contributed by atoms with Crippen LogP contribution in [0, 0.1) is 0 Å². The molecule has 1 aliphatic carbocycles. The van der Waals surface area contributed by atoms with E-state index in [1.54, 1.807) is 12.3 Å². The second-order valence-corrected chi connectivity index (χ2v) is 8.11. The van der Waals surface area contributed by atoms with E-state index in [1.165, 1.54) is 0 Å². The molecule has 2 heterocycles. The van der Waals surface area contributed by atoms with Gasteiger partial charge in [0.1, 0.15) is 5.75 Å². The van der Waals surface area contributed by atoms with Gasteiger partial charge in [-0.25, -0.2) is 18.4 Å². The van der Waals surface area contributed by atoms with Gasteiger partial charge in [-0.2, -0.15) is 0 Å². The fraction of sp³-hybridized carbons (Fsp3) is 0.375. The van der Waals surface area contributed by atoms with E-state index in [0.29, 0.717) is 11.5 Å². The second-order valence-electron chi connectivity index (χ2n) is 5.83. The van der Waals surface area contributed by atoms with Crippen molar-refractivity contribution in [2.75, 3.05) is 0 Å². The molecular weight excluding hydrogens is 300 g/mol. The smallest absolute Gasteiger partial charge is 0.169 e. The summed E-state index contributed by atoms with van der Waals surface area (Å²) in [5, 5.41) is -0.169. The molecule has 0 bridgehead atoms. The number of aromatic nitrogens is 2. The Morgan fingerprint density at radius 1 is 1.18 bits per heavy atom. The zero-order valence-corrected chi connectivity index (χ0v) is 12.8. The molecular formula is C16H16N2O3S. The fourth-order valence-electron chi connectivity index (χ4n) is 2.73. The van der Waals surface area contributed by atoms with Gasteiger partial charge in [-0.05, 0) is 30.5 Å². The van der Waals surface area contributed by atoms with E-state index in [1.807, 2.05) is 24.3 Å². The number of benzene rings is 1. The van der Waals surface area contributed by atoms with Gasteiger partial charge in [-0.15, -0.1) is 0 Å². The van der Waals surface area contributed by atoms with Crippen LogP contribution in [0.25, 0.3) is 0 Å². The molecule has 0 N–H and O–H groups in total. The molecule has 0 saturated heterocycles. The summed E-state index contributed by atoms with van der Waals surface area (Å²) in [7, 11) is -3.07. The summed E-state index contributed by atoms with van der Waals surface area (Å²) in [5.74, 6) is 1.40. The third-order valence-corrected chi connectivity index (χ3v) is 6.23. The number of para-hydroxylation sites is 1. The summed E-state index contributed by atoms with van der Waals surface area (Å²) in [6, 6.07) is 9.53. The van der Waals surface area contributed by atoms with Crippen molar-refractivity contribution in [3.05, 3.63) is 53.6 Å². The van der Waals surface area contributed by atoms with E-state index < -0.39 is 9.84 Å². The first-order valence-electron chi connectivity index (χ1n) is 7.40. The lowest BCUT2D eigenvalue weighted by molar-refractivity contribution is 0.227. The molecule has 1 fully saturated rings. The molecule has 1 unspecified atom stereocenters. The lowest BCUT2D eigenvalue weighted by atomic mass is 10.1. The zero-order valence-electron chi connectivity index (χ0n) is 12.0. The van der Waals surface area contributed by atoms with Crippen molar-refractivity contribution in [1.82, 2.24) is 9.97 Å². The lowest BCUT2D eigenvalue weighted by Gasteiger charge is -2.10. The maximum absolute atomic E-state index is 12.1. The summed E-state index contributed by atoms with van der Waals surface area (Å²) in [6.45, 7) is 0. The highest BCUT2D eigenvalue weighted by molar-refractivity contribution is 7.91. The molecule has 1 saturated carbocycles. The average molecular weight is 316 g/mol. The minimum Gasteiger partial charge on any atom is -0.482 e. The van der Waals surface area contributed by atoms with Crippen LogP contribution in [0.15, 0.2) is 36.5 Å². The van der Waals surface area contributed by atoms with Crippen molar-refractivity contribution in [2.45, 2.75) is 36.4 Å². The number of rotatable bonds is 4. The molecule has 114 valence electrons. The first-order chi connectivity index (χ1) is 10.6. The number of fused-ring (bicyclic) bond motifs is 1. The van der Waals surface area contributed by atoms with Gasteiger partial charge in [0.05, 0.1) is 16.7 Å². The maximum Gasteiger partial charge on any atom is 0.169 e. The molecule has 6 heteroatoms. The van der Waals surface area contributed by atoms with Crippen LogP contribution in [0.2, 0.25) is 0 Å². The van der Waals surface area contributed by atoms with Gasteiger partial charge in [0, 0.05) is 12.6 Å². The first kappa shape index (κ1) is 13.7. The lowest BCUT2D eigenvalue weighted by Crippen LogP contribution is -2.14. The van der Waals surface area contributed by atoms with Crippen molar-refractivity contribution < 1.29 is 13.2 Å². The minimum atomic E-state index is -3.07. The molecule has 1 aromatic carbocycles. The molecule has 1 atom stereocenters. The van der Waals surface area contributed by atoms with Crippen LogP contribution in [-0.2, 0) is 22.0 Å². The van der Waals surface area contributed by atoms with Gasteiger partial charge in [0.2, 0.25) is 0 Å². The van der Waals surface area contributed by atoms with Crippen LogP contribution in [0.4, 0.5) is 0 Å². The van der Waals surface area contributed by atoms with Crippen LogP contribution in [-0.4, -0.2) is 23.6 Å². The van der Waals surface area contributed by atoms with Crippen LogP contribution in [0.1, 0.15) is 36.0 Å². The average Bonchev–Trinajstić information content (AvgIpc) is 3.27. The van der Waals surface area contributed by atoms with Gasteiger partial charge >= 0.3 is 0 Å². The maximum atomic E-state index is 12.1. The Bertz CT molecular complexity index is 791.